The predicted octanol–water partition coefficient (Wildman–Crippen LogP) is 4.06. The molecule has 1 aliphatic heterocycles. The van der Waals surface area contributed by atoms with Crippen molar-refractivity contribution in [3.05, 3.63) is 90.0 Å². The highest BCUT2D eigenvalue weighted by atomic mass is 19.1. The summed E-state index contributed by atoms with van der Waals surface area (Å²) in [5.41, 5.74) is 2.48. The first-order valence-electron chi connectivity index (χ1n) is 12.0. The Bertz CT molecular complexity index is 1180. The predicted molar refractivity (Wildman–Crippen MR) is 137 cm³/mol. The van der Waals surface area contributed by atoms with Gasteiger partial charge in [-0.25, -0.2) is 4.39 Å². The molecule has 0 saturated carbocycles. The molecule has 2 heterocycles. The van der Waals surface area contributed by atoms with Crippen LogP contribution in [0.2, 0.25) is 0 Å². The van der Waals surface area contributed by atoms with Crippen molar-refractivity contribution in [1.82, 2.24) is 9.88 Å². The normalized spacial score (nSPS) is 14.3. The van der Waals surface area contributed by atoms with Gasteiger partial charge in [0.05, 0.1) is 11.9 Å². The summed E-state index contributed by atoms with van der Waals surface area (Å²) in [5.74, 6) is -0.515. The molecule has 0 bridgehead atoms. The van der Waals surface area contributed by atoms with E-state index in [9.17, 15) is 18.8 Å². The lowest BCUT2D eigenvalue weighted by atomic mass is 9.89. The number of piperidine rings is 1. The molecule has 0 spiro atoms. The number of halogens is 1. The molecule has 0 atom stereocenters. The Kier molecular flexibility index (Phi) is 8.17. The molecule has 2 aromatic carbocycles. The van der Waals surface area contributed by atoms with E-state index in [4.69, 9.17) is 0 Å². The van der Waals surface area contributed by atoms with Crippen LogP contribution in [0.5, 0.6) is 0 Å². The standard InChI is InChI=1S/C28H29FN4O3/c1-31(20-34)25-10-6-23(7-11-25)28(36)33(26-3-2-14-30-19-26)18-17-32-15-12-22(13-16-32)27(35)21-4-8-24(29)9-5-21/h2-11,14,19-20,22H,12-13,15-18H2,1H3. The van der Waals surface area contributed by atoms with Gasteiger partial charge in [-0.3, -0.25) is 19.4 Å². The van der Waals surface area contributed by atoms with Crippen LogP contribution in [-0.2, 0) is 4.79 Å². The lowest BCUT2D eigenvalue weighted by molar-refractivity contribution is -0.107. The van der Waals surface area contributed by atoms with Gasteiger partial charge in [0.25, 0.3) is 5.91 Å². The number of Topliss-reactive ketones (excluding diaryl/α,β-unsaturated/α-hetero) is 1. The number of carbonyl (C=O) groups is 3. The summed E-state index contributed by atoms with van der Waals surface area (Å²) in [4.78, 5) is 46.8. The van der Waals surface area contributed by atoms with Crippen LogP contribution in [0.25, 0.3) is 0 Å². The lowest BCUT2D eigenvalue weighted by Crippen LogP contribution is -2.43. The van der Waals surface area contributed by atoms with Gasteiger partial charge in [-0.15, -0.1) is 0 Å². The molecule has 1 aromatic heterocycles. The summed E-state index contributed by atoms with van der Waals surface area (Å²) in [5, 5.41) is 0. The summed E-state index contributed by atoms with van der Waals surface area (Å²) in [6.07, 6.45) is 5.50. The number of anilines is 2. The van der Waals surface area contributed by atoms with Crippen LogP contribution < -0.4 is 9.80 Å². The molecule has 36 heavy (non-hydrogen) atoms. The van der Waals surface area contributed by atoms with E-state index in [0.29, 0.717) is 35.6 Å². The number of benzene rings is 2. The maximum absolute atomic E-state index is 13.4. The molecule has 0 unspecified atom stereocenters. The molecule has 7 nitrogen and oxygen atoms in total. The molecule has 0 radical (unpaired) electrons. The molecule has 2 amide bonds. The minimum Gasteiger partial charge on any atom is -0.318 e. The minimum absolute atomic E-state index is 0.0606. The van der Waals surface area contributed by atoms with Gasteiger partial charge in [0, 0.05) is 49.1 Å². The molecule has 1 aliphatic rings. The van der Waals surface area contributed by atoms with Crippen molar-refractivity contribution in [2.75, 3.05) is 43.0 Å². The molecule has 3 aromatic rings. The van der Waals surface area contributed by atoms with Gasteiger partial charge in [0.1, 0.15) is 5.82 Å². The van der Waals surface area contributed by atoms with Gasteiger partial charge in [0.2, 0.25) is 6.41 Å². The Morgan fingerprint density at radius 2 is 1.67 bits per heavy atom. The highest BCUT2D eigenvalue weighted by molar-refractivity contribution is 6.06. The van der Waals surface area contributed by atoms with Gasteiger partial charge < -0.3 is 14.7 Å². The molecule has 1 saturated heterocycles. The number of hydrogen-bond donors (Lipinski definition) is 0. The van der Waals surface area contributed by atoms with E-state index in [1.54, 1.807) is 66.8 Å². The first-order chi connectivity index (χ1) is 17.5. The number of amides is 2. The summed E-state index contributed by atoms with van der Waals surface area (Å²) < 4.78 is 13.2. The van der Waals surface area contributed by atoms with Gasteiger partial charge in [-0.2, -0.15) is 0 Å². The number of pyridine rings is 1. The number of ketones is 1. The lowest BCUT2D eigenvalue weighted by Gasteiger charge is -2.33. The summed E-state index contributed by atoms with van der Waals surface area (Å²) in [7, 11) is 1.65. The quantitative estimate of drug-likeness (QED) is 0.336. The van der Waals surface area contributed by atoms with Crippen molar-refractivity contribution in [2.24, 2.45) is 5.92 Å². The Morgan fingerprint density at radius 1 is 1.00 bits per heavy atom. The van der Waals surface area contributed by atoms with Crippen LogP contribution in [0.1, 0.15) is 33.6 Å². The number of rotatable bonds is 9. The zero-order valence-electron chi connectivity index (χ0n) is 20.2. The van der Waals surface area contributed by atoms with E-state index in [0.717, 1.165) is 32.3 Å². The maximum Gasteiger partial charge on any atom is 0.258 e. The van der Waals surface area contributed by atoms with E-state index in [-0.39, 0.29) is 23.4 Å². The van der Waals surface area contributed by atoms with Crippen molar-refractivity contribution in [3.8, 4) is 0 Å². The van der Waals surface area contributed by atoms with Gasteiger partial charge in [-0.05, 0) is 86.6 Å². The van der Waals surface area contributed by atoms with Crippen molar-refractivity contribution in [3.63, 3.8) is 0 Å². The first kappa shape index (κ1) is 25.2. The van der Waals surface area contributed by atoms with Crippen molar-refractivity contribution < 1.29 is 18.8 Å². The topological polar surface area (TPSA) is 73.8 Å². The SMILES string of the molecule is CN(C=O)c1ccc(C(=O)N(CCN2CCC(C(=O)c3ccc(F)cc3)CC2)c2cccnc2)cc1. The fraction of sp³-hybridized carbons (Fsp3) is 0.286. The second-order valence-corrected chi connectivity index (χ2v) is 8.92. The van der Waals surface area contributed by atoms with E-state index < -0.39 is 0 Å². The van der Waals surface area contributed by atoms with E-state index in [1.807, 2.05) is 6.07 Å². The van der Waals surface area contributed by atoms with Gasteiger partial charge >= 0.3 is 0 Å². The Balaban J connectivity index is 1.39. The third kappa shape index (κ3) is 6.01. The molecule has 0 N–H and O–H groups in total. The second kappa shape index (κ2) is 11.7. The van der Waals surface area contributed by atoms with Crippen LogP contribution in [0.3, 0.4) is 0 Å². The van der Waals surface area contributed by atoms with Crippen molar-refractivity contribution in [2.45, 2.75) is 12.8 Å². The average molecular weight is 489 g/mol. The largest absolute Gasteiger partial charge is 0.318 e. The minimum atomic E-state index is -0.349. The van der Waals surface area contributed by atoms with Crippen molar-refractivity contribution >= 4 is 29.5 Å². The highest BCUT2D eigenvalue weighted by Gasteiger charge is 2.27. The third-order valence-corrected chi connectivity index (χ3v) is 6.61. The van der Waals surface area contributed by atoms with Crippen LogP contribution >= 0.6 is 0 Å². The molecular weight excluding hydrogens is 459 g/mol. The third-order valence-electron chi connectivity index (χ3n) is 6.61. The fourth-order valence-corrected chi connectivity index (χ4v) is 4.43. The van der Waals surface area contributed by atoms with E-state index >= 15 is 0 Å². The zero-order chi connectivity index (χ0) is 25.5. The average Bonchev–Trinajstić information content (AvgIpc) is 2.93. The van der Waals surface area contributed by atoms with Gasteiger partial charge in [0.15, 0.2) is 5.78 Å². The van der Waals surface area contributed by atoms with E-state index in [2.05, 4.69) is 9.88 Å². The summed E-state index contributed by atoms with van der Waals surface area (Å²) in [6, 6.07) is 16.3. The second-order valence-electron chi connectivity index (χ2n) is 8.92. The number of likely N-dealkylation sites (tertiary alicyclic amines) is 1. The summed E-state index contributed by atoms with van der Waals surface area (Å²) >= 11 is 0. The van der Waals surface area contributed by atoms with Crippen LogP contribution in [-0.4, -0.2) is 61.2 Å². The smallest absolute Gasteiger partial charge is 0.258 e. The molecule has 0 aliphatic carbocycles. The number of hydrogen-bond acceptors (Lipinski definition) is 5. The first-order valence-corrected chi connectivity index (χ1v) is 12.0. The Morgan fingerprint density at radius 3 is 2.28 bits per heavy atom. The molecule has 186 valence electrons. The molecule has 4 rings (SSSR count). The molecule has 8 heteroatoms. The van der Waals surface area contributed by atoms with Crippen LogP contribution in [0.4, 0.5) is 15.8 Å². The zero-order valence-corrected chi connectivity index (χ0v) is 20.2. The fourth-order valence-electron chi connectivity index (χ4n) is 4.43. The molecule has 1 fully saturated rings. The number of aromatic nitrogens is 1. The maximum atomic E-state index is 13.4. The van der Waals surface area contributed by atoms with E-state index in [1.165, 1.54) is 17.0 Å². The number of carbonyl (C=O) groups excluding carboxylic acids is 3. The monoisotopic (exact) mass is 488 g/mol. The number of nitrogens with zero attached hydrogens (tertiary/aromatic N) is 4. The Hall–Kier alpha value is -3.91. The van der Waals surface area contributed by atoms with Crippen LogP contribution in [0.15, 0.2) is 73.1 Å². The Labute approximate surface area is 210 Å². The van der Waals surface area contributed by atoms with Crippen molar-refractivity contribution in [1.29, 1.82) is 0 Å². The summed E-state index contributed by atoms with van der Waals surface area (Å²) in [6.45, 7) is 2.62. The highest BCUT2D eigenvalue weighted by Crippen LogP contribution is 2.23. The van der Waals surface area contributed by atoms with Gasteiger partial charge in [-0.1, -0.05) is 0 Å². The molecular formula is C28H29FN4O3. The van der Waals surface area contributed by atoms with Crippen LogP contribution in [0, 0.1) is 11.7 Å².